The largest absolute Gasteiger partial charge is 0.280 e. The van der Waals surface area contributed by atoms with Crippen LogP contribution in [0.5, 0.6) is 0 Å². The van der Waals surface area contributed by atoms with Gasteiger partial charge in [0.15, 0.2) is 0 Å². The second-order valence-electron chi connectivity index (χ2n) is 5.45. The minimum atomic E-state index is 0.455. The Morgan fingerprint density at radius 1 is 0.882 bits per heavy atom. The van der Waals surface area contributed by atoms with Crippen LogP contribution >= 0.6 is 0 Å². The van der Waals surface area contributed by atoms with Gasteiger partial charge in [0.2, 0.25) is 0 Å². The summed E-state index contributed by atoms with van der Waals surface area (Å²) >= 11 is 0. The molecule has 0 bridgehead atoms. The zero-order chi connectivity index (χ0) is 12.4. The van der Waals surface area contributed by atoms with E-state index >= 15 is 0 Å². The second-order valence-corrected chi connectivity index (χ2v) is 5.45. The van der Waals surface area contributed by atoms with Crippen molar-refractivity contribution in [1.29, 1.82) is 0 Å². The van der Waals surface area contributed by atoms with Crippen molar-refractivity contribution in [3.8, 4) is 0 Å². The molecule has 1 aliphatic rings. The zero-order valence-corrected chi connectivity index (χ0v) is 11.4. The van der Waals surface area contributed by atoms with Crippen LogP contribution in [0, 0.1) is 0 Å². The maximum absolute atomic E-state index is 2.59. The summed E-state index contributed by atoms with van der Waals surface area (Å²) in [6, 6.07) is 12.1. The smallest absolute Gasteiger partial charge is 0.0891 e. The standard InChI is InChI=1S/C15H24N2/c1-12(2)16-10-11-17(13(3)4)15(16)14-8-6-5-7-9-14/h5-9,12-13,15H,10-11H2,1-4H3. The summed E-state index contributed by atoms with van der Waals surface area (Å²) in [4.78, 5) is 5.19. The number of nitrogens with zero attached hydrogens (tertiary/aromatic N) is 2. The molecule has 1 aromatic carbocycles. The molecule has 0 amide bonds. The maximum Gasteiger partial charge on any atom is 0.0891 e. The number of hydrogen-bond acceptors (Lipinski definition) is 2. The monoisotopic (exact) mass is 232 g/mol. The van der Waals surface area contributed by atoms with E-state index in [0.29, 0.717) is 18.2 Å². The van der Waals surface area contributed by atoms with Crippen LogP contribution in [-0.4, -0.2) is 35.0 Å². The average Bonchev–Trinajstić information content (AvgIpc) is 2.74. The quantitative estimate of drug-likeness (QED) is 0.790. The minimum absolute atomic E-state index is 0.455. The molecule has 1 saturated heterocycles. The Bertz CT molecular complexity index is 329. The first-order valence-electron chi connectivity index (χ1n) is 6.67. The molecule has 2 nitrogen and oxygen atoms in total. The van der Waals surface area contributed by atoms with Crippen molar-refractivity contribution in [3.05, 3.63) is 35.9 Å². The van der Waals surface area contributed by atoms with Crippen LogP contribution in [0.25, 0.3) is 0 Å². The minimum Gasteiger partial charge on any atom is -0.280 e. The number of hydrogen-bond donors (Lipinski definition) is 0. The van der Waals surface area contributed by atoms with Crippen LogP contribution in [-0.2, 0) is 0 Å². The number of benzene rings is 1. The van der Waals surface area contributed by atoms with E-state index in [4.69, 9.17) is 0 Å². The third-order valence-corrected chi connectivity index (χ3v) is 3.67. The van der Waals surface area contributed by atoms with Gasteiger partial charge in [-0.05, 0) is 33.3 Å². The first-order chi connectivity index (χ1) is 8.11. The molecule has 0 saturated carbocycles. The van der Waals surface area contributed by atoms with Crippen LogP contribution in [0.4, 0.5) is 0 Å². The fourth-order valence-electron chi connectivity index (χ4n) is 2.76. The van der Waals surface area contributed by atoms with E-state index in [1.54, 1.807) is 0 Å². The van der Waals surface area contributed by atoms with E-state index in [2.05, 4.69) is 67.8 Å². The van der Waals surface area contributed by atoms with E-state index in [-0.39, 0.29) is 0 Å². The lowest BCUT2D eigenvalue weighted by Gasteiger charge is -2.35. The predicted octanol–water partition coefficient (Wildman–Crippen LogP) is 3.12. The maximum atomic E-state index is 2.59. The molecule has 1 aromatic rings. The van der Waals surface area contributed by atoms with Crippen molar-refractivity contribution in [1.82, 2.24) is 9.80 Å². The molecule has 1 fully saturated rings. The van der Waals surface area contributed by atoms with Gasteiger partial charge in [0.25, 0.3) is 0 Å². The molecule has 17 heavy (non-hydrogen) atoms. The van der Waals surface area contributed by atoms with Gasteiger partial charge in [0, 0.05) is 25.2 Å². The third-order valence-electron chi connectivity index (χ3n) is 3.67. The van der Waals surface area contributed by atoms with Gasteiger partial charge in [-0.3, -0.25) is 9.80 Å². The highest BCUT2D eigenvalue weighted by molar-refractivity contribution is 5.20. The van der Waals surface area contributed by atoms with Gasteiger partial charge in [0.1, 0.15) is 0 Å². The molecule has 0 aliphatic carbocycles. The van der Waals surface area contributed by atoms with Crippen molar-refractivity contribution in [2.75, 3.05) is 13.1 Å². The molecule has 1 heterocycles. The van der Waals surface area contributed by atoms with Crippen molar-refractivity contribution >= 4 is 0 Å². The first-order valence-corrected chi connectivity index (χ1v) is 6.67. The molecule has 94 valence electrons. The van der Waals surface area contributed by atoms with Crippen LogP contribution in [0.15, 0.2) is 30.3 Å². The Labute approximate surface area is 105 Å². The van der Waals surface area contributed by atoms with Gasteiger partial charge >= 0.3 is 0 Å². The fraction of sp³-hybridized carbons (Fsp3) is 0.600. The lowest BCUT2D eigenvalue weighted by Crippen LogP contribution is -2.37. The predicted molar refractivity (Wildman–Crippen MR) is 72.9 cm³/mol. The Hall–Kier alpha value is -0.860. The Morgan fingerprint density at radius 3 is 1.76 bits per heavy atom. The van der Waals surface area contributed by atoms with Crippen molar-refractivity contribution in [3.63, 3.8) is 0 Å². The Kier molecular flexibility index (Phi) is 3.85. The molecule has 0 N–H and O–H groups in total. The Balaban J connectivity index is 2.30. The van der Waals surface area contributed by atoms with Gasteiger partial charge in [-0.15, -0.1) is 0 Å². The molecule has 2 rings (SSSR count). The highest BCUT2D eigenvalue weighted by atomic mass is 15.4. The normalized spacial score (nSPS) is 19.6. The molecular formula is C15H24N2. The molecular weight excluding hydrogens is 208 g/mol. The molecule has 1 aliphatic heterocycles. The summed E-state index contributed by atoms with van der Waals surface area (Å²) in [5.41, 5.74) is 1.42. The van der Waals surface area contributed by atoms with E-state index < -0.39 is 0 Å². The zero-order valence-electron chi connectivity index (χ0n) is 11.4. The third kappa shape index (κ3) is 2.53. The van der Waals surface area contributed by atoms with Crippen molar-refractivity contribution < 1.29 is 0 Å². The molecule has 2 heteroatoms. The SMILES string of the molecule is CC(C)N1CCN(C(C)C)C1c1ccccc1. The van der Waals surface area contributed by atoms with E-state index in [0.717, 1.165) is 0 Å². The molecule has 0 radical (unpaired) electrons. The molecule has 0 unspecified atom stereocenters. The fourth-order valence-corrected chi connectivity index (χ4v) is 2.76. The second kappa shape index (κ2) is 5.19. The average molecular weight is 232 g/mol. The first kappa shape index (κ1) is 12.6. The van der Waals surface area contributed by atoms with Gasteiger partial charge in [-0.25, -0.2) is 0 Å². The van der Waals surface area contributed by atoms with Gasteiger partial charge < -0.3 is 0 Å². The summed E-state index contributed by atoms with van der Waals surface area (Å²) in [6.45, 7) is 11.5. The molecule has 0 atom stereocenters. The highest BCUT2D eigenvalue weighted by Gasteiger charge is 2.35. The van der Waals surface area contributed by atoms with Crippen LogP contribution in [0.2, 0.25) is 0 Å². The van der Waals surface area contributed by atoms with E-state index in [1.165, 1.54) is 18.7 Å². The topological polar surface area (TPSA) is 6.48 Å². The van der Waals surface area contributed by atoms with Gasteiger partial charge in [-0.2, -0.15) is 0 Å². The van der Waals surface area contributed by atoms with Gasteiger partial charge in [0.05, 0.1) is 6.17 Å². The van der Waals surface area contributed by atoms with E-state index in [1.807, 2.05) is 0 Å². The molecule has 0 spiro atoms. The van der Waals surface area contributed by atoms with Crippen molar-refractivity contribution in [2.45, 2.75) is 45.9 Å². The van der Waals surface area contributed by atoms with E-state index in [9.17, 15) is 0 Å². The van der Waals surface area contributed by atoms with Gasteiger partial charge in [-0.1, -0.05) is 30.3 Å². The summed E-state index contributed by atoms with van der Waals surface area (Å²) in [5, 5.41) is 0. The summed E-state index contributed by atoms with van der Waals surface area (Å²) < 4.78 is 0. The summed E-state index contributed by atoms with van der Waals surface area (Å²) in [5.74, 6) is 0. The van der Waals surface area contributed by atoms with Crippen LogP contribution in [0.1, 0.15) is 39.4 Å². The lowest BCUT2D eigenvalue weighted by atomic mass is 10.1. The summed E-state index contributed by atoms with van der Waals surface area (Å²) in [6.07, 6.45) is 0.455. The Morgan fingerprint density at radius 2 is 1.35 bits per heavy atom. The molecule has 0 aromatic heterocycles. The van der Waals surface area contributed by atoms with Crippen LogP contribution in [0.3, 0.4) is 0 Å². The lowest BCUT2D eigenvalue weighted by molar-refractivity contribution is 0.0895. The van der Waals surface area contributed by atoms with Crippen molar-refractivity contribution in [2.24, 2.45) is 0 Å². The number of rotatable bonds is 3. The summed E-state index contributed by atoms with van der Waals surface area (Å²) in [7, 11) is 0. The van der Waals surface area contributed by atoms with Crippen LogP contribution < -0.4 is 0 Å². The highest BCUT2D eigenvalue weighted by Crippen LogP contribution is 2.32.